The number of ether oxygens (including phenoxy) is 1. The van der Waals surface area contributed by atoms with Gasteiger partial charge in [-0.05, 0) is 20.8 Å². The molecule has 1 saturated heterocycles. The highest BCUT2D eigenvalue weighted by molar-refractivity contribution is 5.92. The molecule has 0 aliphatic carbocycles. The summed E-state index contributed by atoms with van der Waals surface area (Å²) in [5.74, 6) is -0.0821. The van der Waals surface area contributed by atoms with Gasteiger partial charge in [-0.25, -0.2) is 4.98 Å². The second kappa shape index (κ2) is 4.41. The Kier molecular flexibility index (Phi) is 3.11. The molecule has 0 saturated carbocycles. The largest absolute Gasteiger partial charge is 0.369 e. The average molecular weight is 235 g/mol. The van der Waals surface area contributed by atoms with Gasteiger partial charge in [0.15, 0.2) is 0 Å². The second-order valence-corrected chi connectivity index (χ2v) is 4.96. The molecule has 1 aromatic heterocycles. The summed E-state index contributed by atoms with van der Waals surface area (Å²) in [6, 6.07) is 0. The van der Waals surface area contributed by atoms with Crippen molar-refractivity contribution in [2.24, 2.45) is 0 Å². The van der Waals surface area contributed by atoms with Crippen LogP contribution in [0.4, 0.5) is 0 Å². The quantitative estimate of drug-likeness (QED) is 0.732. The average Bonchev–Trinajstić information content (AvgIpc) is 2.26. The van der Waals surface area contributed by atoms with Crippen molar-refractivity contribution in [3.8, 4) is 0 Å². The molecule has 0 bridgehead atoms. The van der Waals surface area contributed by atoms with Crippen LogP contribution < -0.4 is 0 Å². The third-order valence-electron chi connectivity index (χ3n) is 2.64. The van der Waals surface area contributed by atoms with Crippen LogP contribution in [0.25, 0.3) is 0 Å². The fourth-order valence-corrected chi connectivity index (χ4v) is 2.18. The van der Waals surface area contributed by atoms with Crippen LogP contribution in [0, 0.1) is 0 Å². The maximum atomic E-state index is 12.2. The number of amides is 1. The summed E-state index contributed by atoms with van der Waals surface area (Å²) < 4.78 is 5.76. The molecule has 17 heavy (non-hydrogen) atoms. The summed E-state index contributed by atoms with van der Waals surface area (Å²) in [6.07, 6.45) is 4.62. The van der Waals surface area contributed by atoms with Gasteiger partial charge in [0, 0.05) is 25.5 Å². The van der Waals surface area contributed by atoms with Crippen LogP contribution in [-0.2, 0) is 4.74 Å². The minimum Gasteiger partial charge on any atom is -0.369 e. The Hall–Kier alpha value is -1.49. The normalized spacial score (nSPS) is 23.5. The van der Waals surface area contributed by atoms with Crippen LogP contribution in [0.3, 0.4) is 0 Å². The zero-order chi connectivity index (χ0) is 12.5. The molecule has 1 aliphatic rings. The maximum absolute atomic E-state index is 12.2. The van der Waals surface area contributed by atoms with E-state index in [2.05, 4.69) is 9.97 Å². The zero-order valence-corrected chi connectivity index (χ0v) is 10.4. The van der Waals surface area contributed by atoms with E-state index < -0.39 is 0 Å². The zero-order valence-electron chi connectivity index (χ0n) is 10.4. The minimum atomic E-state index is -0.310. The fraction of sp³-hybridized carbons (Fsp3) is 0.583. The minimum absolute atomic E-state index is 0.0411. The van der Waals surface area contributed by atoms with Gasteiger partial charge in [-0.15, -0.1) is 0 Å². The first-order valence-electron chi connectivity index (χ1n) is 5.71. The Morgan fingerprint density at radius 2 is 2.29 bits per heavy atom. The van der Waals surface area contributed by atoms with E-state index in [-0.39, 0.29) is 17.6 Å². The molecule has 0 N–H and O–H groups in total. The van der Waals surface area contributed by atoms with Crippen LogP contribution in [0.15, 0.2) is 18.6 Å². The summed E-state index contributed by atoms with van der Waals surface area (Å²) >= 11 is 0. The van der Waals surface area contributed by atoms with Crippen molar-refractivity contribution in [2.75, 3.05) is 13.1 Å². The van der Waals surface area contributed by atoms with Crippen molar-refractivity contribution in [3.05, 3.63) is 24.3 Å². The summed E-state index contributed by atoms with van der Waals surface area (Å²) in [5, 5.41) is 0. The van der Waals surface area contributed by atoms with Crippen LogP contribution in [0.1, 0.15) is 31.3 Å². The van der Waals surface area contributed by atoms with Crippen molar-refractivity contribution in [1.29, 1.82) is 0 Å². The molecule has 5 nitrogen and oxygen atoms in total. The smallest absolute Gasteiger partial charge is 0.274 e. The molecule has 92 valence electrons. The third kappa shape index (κ3) is 2.79. The molecule has 2 rings (SSSR count). The van der Waals surface area contributed by atoms with Gasteiger partial charge in [0.05, 0.1) is 17.9 Å². The van der Waals surface area contributed by atoms with Gasteiger partial charge in [0.2, 0.25) is 0 Å². The Morgan fingerprint density at radius 1 is 1.53 bits per heavy atom. The number of aromatic nitrogens is 2. The van der Waals surface area contributed by atoms with Gasteiger partial charge in [-0.2, -0.15) is 0 Å². The Balaban J connectivity index is 2.15. The first kappa shape index (κ1) is 12.0. The molecule has 5 heteroatoms. The molecule has 1 unspecified atom stereocenters. The Labute approximate surface area is 101 Å². The lowest BCUT2D eigenvalue weighted by atomic mass is 10.1. The number of rotatable bonds is 1. The molecule has 0 radical (unpaired) electrons. The van der Waals surface area contributed by atoms with Gasteiger partial charge in [0.1, 0.15) is 5.69 Å². The van der Waals surface area contributed by atoms with E-state index >= 15 is 0 Å². The van der Waals surface area contributed by atoms with E-state index in [9.17, 15) is 4.79 Å². The molecule has 0 spiro atoms. The molecule has 1 aromatic rings. The topological polar surface area (TPSA) is 55.3 Å². The lowest BCUT2D eigenvalue weighted by Gasteiger charge is -2.41. The highest BCUT2D eigenvalue weighted by atomic mass is 16.5. The van der Waals surface area contributed by atoms with Crippen molar-refractivity contribution < 1.29 is 9.53 Å². The number of hydrogen-bond donors (Lipinski definition) is 0. The molecule has 1 aliphatic heterocycles. The van der Waals surface area contributed by atoms with E-state index in [1.165, 1.54) is 12.4 Å². The molecule has 1 fully saturated rings. The highest BCUT2D eigenvalue weighted by Gasteiger charge is 2.34. The highest BCUT2D eigenvalue weighted by Crippen LogP contribution is 2.21. The van der Waals surface area contributed by atoms with Crippen LogP contribution in [0.2, 0.25) is 0 Å². The first-order valence-corrected chi connectivity index (χ1v) is 5.71. The molecule has 1 amide bonds. The summed E-state index contributed by atoms with van der Waals surface area (Å²) in [5.41, 5.74) is 0.0765. The standard InChI is InChI=1S/C12H17N3O2/c1-9-7-15(8-12(2,3)17-9)11(16)10-6-13-4-5-14-10/h4-6,9H,7-8H2,1-3H3. The van der Waals surface area contributed by atoms with E-state index in [0.717, 1.165) is 0 Å². The second-order valence-electron chi connectivity index (χ2n) is 4.96. The van der Waals surface area contributed by atoms with Gasteiger partial charge in [-0.3, -0.25) is 9.78 Å². The summed E-state index contributed by atoms with van der Waals surface area (Å²) in [7, 11) is 0. The SMILES string of the molecule is CC1CN(C(=O)c2cnccn2)CC(C)(C)O1. The Morgan fingerprint density at radius 3 is 2.88 bits per heavy atom. The third-order valence-corrected chi connectivity index (χ3v) is 2.64. The number of nitrogens with zero attached hydrogens (tertiary/aromatic N) is 3. The van der Waals surface area contributed by atoms with Gasteiger partial charge in [0.25, 0.3) is 5.91 Å². The number of morpholine rings is 1. The molecular formula is C12H17N3O2. The van der Waals surface area contributed by atoms with E-state index in [0.29, 0.717) is 18.8 Å². The molecule has 0 aromatic carbocycles. The molecular weight excluding hydrogens is 218 g/mol. The predicted molar refractivity (Wildman–Crippen MR) is 62.6 cm³/mol. The van der Waals surface area contributed by atoms with Crippen LogP contribution in [0.5, 0.6) is 0 Å². The van der Waals surface area contributed by atoms with Gasteiger partial charge < -0.3 is 9.64 Å². The van der Waals surface area contributed by atoms with Crippen molar-refractivity contribution in [2.45, 2.75) is 32.5 Å². The Bertz CT molecular complexity index is 405. The van der Waals surface area contributed by atoms with Gasteiger partial charge >= 0.3 is 0 Å². The van der Waals surface area contributed by atoms with Crippen molar-refractivity contribution >= 4 is 5.91 Å². The summed E-state index contributed by atoms with van der Waals surface area (Å²) in [6.45, 7) is 7.11. The summed E-state index contributed by atoms with van der Waals surface area (Å²) in [4.78, 5) is 21.9. The van der Waals surface area contributed by atoms with Crippen LogP contribution in [-0.4, -0.2) is 45.6 Å². The number of carbonyl (C=O) groups excluding carboxylic acids is 1. The van der Waals surface area contributed by atoms with E-state index in [1.54, 1.807) is 11.1 Å². The maximum Gasteiger partial charge on any atom is 0.274 e. The van der Waals surface area contributed by atoms with Crippen LogP contribution >= 0.6 is 0 Å². The van der Waals surface area contributed by atoms with Crippen molar-refractivity contribution in [1.82, 2.24) is 14.9 Å². The lowest BCUT2D eigenvalue weighted by molar-refractivity contribution is -0.118. The lowest BCUT2D eigenvalue weighted by Crippen LogP contribution is -2.53. The predicted octanol–water partition coefficient (Wildman–Crippen LogP) is 1.12. The van der Waals surface area contributed by atoms with E-state index in [1.807, 2.05) is 20.8 Å². The van der Waals surface area contributed by atoms with Gasteiger partial charge in [-0.1, -0.05) is 0 Å². The number of carbonyl (C=O) groups is 1. The molecule has 2 heterocycles. The van der Waals surface area contributed by atoms with Crippen molar-refractivity contribution in [3.63, 3.8) is 0 Å². The fourth-order valence-electron chi connectivity index (χ4n) is 2.18. The molecule has 1 atom stereocenters. The number of hydrogen-bond acceptors (Lipinski definition) is 4. The first-order chi connectivity index (χ1) is 7.98. The van der Waals surface area contributed by atoms with E-state index in [4.69, 9.17) is 4.74 Å². The monoisotopic (exact) mass is 235 g/mol.